The number of thiol groups is 1. The van der Waals surface area contributed by atoms with E-state index in [4.69, 9.17) is 0 Å². The first kappa shape index (κ1) is 13.3. The van der Waals surface area contributed by atoms with Crippen LogP contribution >= 0.6 is 12.6 Å². The van der Waals surface area contributed by atoms with Crippen LogP contribution < -0.4 is 4.90 Å². The van der Waals surface area contributed by atoms with E-state index in [0.29, 0.717) is 18.7 Å². The van der Waals surface area contributed by atoms with Gasteiger partial charge in [-0.15, -0.1) is 0 Å². The number of nitrogens with zero attached hydrogens (tertiary/aromatic N) is 1. The number of phenols is 1. The normalized spacial score (nSPS) is 20.6. The molecule has 2 rings (SSSR count). The first-order valence-corrected chi connectivity index (χ1v) is 6.62. The molecule has 1 aromatic rings. The molecule has 1 aliphatic heterocycles. The van der Waals surface area contributed by atoms with Crippen molar-refractivity contribution in [2.75, 3.05) is 11.4 Å². The molecule has 1 unspecified atom stereocenters. The van der Waals surface area contributed by atoms with Crippen molar-refractivity contribution in [1.82, 2.24) is 0 Å². The third kappa shape index (κ3) is 2.48. The summed E-state index contributed by atoms with van der Waals surface area (Å²) in [7, 11) is 0. The number of carbonyl (C=O) groups excluding carboxylic acids is 1. The number of hydrogen-bond acceptors (Lipinski definition) is 3. The lowest BCUT2D eigenvalue weighted by atomic mass is 9.86. The molecule has 1 aliphatic rings. The molecule has 1 aromatic carbocycles. The summed E-state index contributed by atoms with van der Waals surface area (Å²) in [6.45, 7) is 6.88. The van der Waals surface area contributed by atoms with Crippen molar-refractivity contribution in [3.8, 4) is 5.75 Å². The van der Waals surface area contributed by atoms with E-state index in [0.717, 1.165) is 5.56 Å². The zero-order valence-corrected chi connectivity index (χ0v) is 11.9. The van der Waals surface area contributed by atoms with Crippen molar-refractivity contribution in [1.29, 1.82) is 0 Å². The van der Waals surface area contributed by atoms with Crippen LogP contribution in [0, 0.1) is 0 Å². The van der Waals surface area contributed by atoms with Gasteiger partial charge in [0, 0.05) is 18.2 Å². The quantitative estimate of drug-likeness (QED) is 0.767. The molecule has 0 bridgehead atoms. The van der Waals surface area contributed by atoms with E-state index in [2.05, 4.69) is 33.4 Å². The minimum absolute atomic E-state index is 0.00835. The molecule has 1 heterocycles. The van der Waals surface area contributed by atoms with E-state index in [1.807, 2.05) is 12.1 Å². The minimum Gasteiger partial charge on any atom is -0.506 e. The van der Waals surface area contributed by atoms with E-state index < -0.39 is 0 Å². The Hall–Kier alpha value is -1.16. The van der Waals surface area contributed by atoms with Crippen molar-refractivity contribution in [2.24, 2.45) is 0 Å². The van der Waals surface area contributed by atoms with Gasteiger partial charge in [-0.25, -0.2) is 0 Å². The van der Waals surface area contributed by atoms with Gasteiger partial charge in [-0.3, -0.25) is 4.79 Å². The zero-order valence-electron chi connectivity index (χ0n) is 11.0. The summed E-state index contributed by atoms with van der Waals surface area (Å²) in [4.78, 5) is 13.5. The van der Waals surface area contributed by atoms with Gasteiger partial charge in [-0.05, 0) is 23.1 Å². The van der Waals surface area contributed by atoms with Gasteiger partial charge < -0.3 is 10.0 Å². The maximum Gasteiger partial charge on any atom is 0.228 e. The van der Waals surface area contributed by atoms with Crippen LogP contribution in [0.15, 0.2) is 18.2 Å². The monoisotopic (exact) mass is 265 g/mol. The zero-order chi connectivity index (χ0) is 13.5. The fourth-order valence-corrected chi connectivity index (χ4v) is 2.45. The molecule has 3 nitrogen and oxygen atoms in total. The standard InChI is InChI=1S/C14H19NO2S/c1-14(2,3)9-4-5-12(16)11(6-9)15-8-10(18)7-13(15)17/h4-6,10,16,18H,7-8H2,1-3H3. The van der Waals surface area contributed by atoms with Crippen LogP contribution in [0.25, 0.3) is 0 Å². The van der Waals surface area contributed by atoms with Crippen molar-refractivity contribution < 1.29 is 9.90 Å². The Kier molecular flexibility index (Phi) is 3.32. The molecule has 0 aromatic heterocycles. The molecule has 1 N–H and O–H groups in total. The third-order valence-corrected chi connectivity index (χ3v) is 3.58. The summed E-state index contributed by atoms with van der Waals surface area (Å²) >= 11 is 4.33. The molecule has 4 heteroatoms. The molecule has 1 fully saturated rings. The number of anilines is 1. The van der Waals surface area contributed by atoms with Gasteiger partial charge in [0.2, 0.25) is 5.91 Å². The number of rotatable bonds is 1. The highest BCUT2D eigenvalue weighted by Gasteiger charge is 2.30. The summed E-state index contributed by atoms with van der Waals surface area (Å²) in [5, 5.41) is 10.00. The van der Waals surface area contributed by atoms with E-state index >= 15 is 0 Å². The summed E-state index contributed by atoms with van der Waals surface area (Å²) in [5.74, 6) is 0.176. The smallest absolute Gasteiger partial charge is 0.228 e. The molecule has 1 amide bonds. The highest BCUT2D eigenvalue weighted by atomic mass is 32.1. The van der Waals surface area contributed by atoms with E-state index in [1.165, 1.54) is 0 Å². The topological polar surface area (TPSA) is 40.5 Å². The molecular weight excluding hydrogens is 246 g/mol. The van der Waals surface area contributed by atoms with E-state index in [1.54, 1.807) is 11.0 Å². The Labute approximate surface area is 113 Å². The lowest BCUT2D eigenvalue weighted by molar-refractivity contribution is -0.117. The second-order valence-corrected chi connectivity index (χ2v) is 6.55. The molecular formula is C14H19NO2S. The Balaban J connectivity index is 2.41. The fourth-order valence-electron chi connectivity index (χ4n) is 2.13. The van der Waals surface area contributed by atoms with Gasteiger partial charge in [-0.1, -0.05) is 26.8 Å². The maximum atomic E-state index is 11.9. The summed E-state index contributed by atoms with van der Waals surface area (Å²) in [5.41, 5.74) is 1.70. The van der Waals surface area contributed by atoms with Crippen molar-refractivity contribution in [3.05, 3.63) is 23.8 Å². The number of carbonyl (C=O) groups is 1. The molecule has 18 heavy (non-hydrogen) atoms. The predicted octanol–water partition coefficient (Wildman–Crippen LogP) is 2.72. The number of aromatic hydroxyl groups is 1. The van der Waals surface area contributed by atoms with E-state index in [9.17, 15) is 9.90 Å². The van der Waals surface area contributed by atoms with Gasteiger partial charge in [-0.2, -0.15) is 12.6 Å². The molecule has 0 saturated carbocycles. The van der Waals surface area contributed by atoms with Gasteiger partial charge in [0.05, 0.1) is 5.69 Å². The largest absolute Gasteiger partial charge is 0.506 e. The van der Waals surface area contributed by atoms with E-state index in [-0.39, 0.29) is 22.3 Å². The van der Waals surface area contributed by atoms with Crippen LogP contribution in [0.1, 0.15) is 32.8 Å². The Morgan fingerprint density at radius 3 is 2.56 bits per heavy atom. The van der Waals surface area contributed by atoms with Crippen LogP contribution in [0.5, 0.6) is 5.75 Å². The molecule has 0 radical (unpaired) electrons. The van der Waals surface area contributed by atoms with Crippen LogP contribution in [-0.4, -0.2) is 22.8 Å². The van der Waals surface area contributed by atoms with Gasteiger partial charge >= 0.3 is 0 Å². The number of amides is 1. The van der Waals surface area contributed by atoms with Crippen LogP contribution in [-0.2, 0) is 10.2 Å². The van der Waals surface area contributed by atoms with Gasteiger partial charge in [0.1, 0.15) is 5.75 Å². The molecule has 0 aliphatic carbocycles. The Bertz CT molecular complexity index is 479. The predicted molar refractivity (Wildman–Crippen MR) is 76.6 cm³/mol. The Morgan fingerprint density at radius 2 is 2.06 bits per heavy atom. The number of benzene rings is 1. The SMILES string of the molecule is CC(C)(C)c1ccc(O)c(N2CC(S)CC2=O)c1. The first-order chi connectivity index (χ1) is 8.29. The second kappa shape index (κ2) is 4.50. The van der Waals surface area contributed by atoms with Crippen LogP contribution in [0.2, 0.25) is 0 Å². The first-order valence-electron chi connectivity index (χ1n) is 6.11. The lowest BCUT2D eigenvalue weighted by Crippen LogP contribution is -2.25. The third-order valence-electron chi connectivity index (χ3n) is 3.24. The lowest BCUT2D eigenvalue weighted by Gasteiger charge is -2.23. The van der Waals surface area contributed by atoms with Crippen molar-refractivity contribution in [2.45, 2.75) is 37.9 Å². The van der Waals surface area contributed by atoms with Crippen molar-refractivity contribution in [3.63, 3.8) is 0 Å². The molecule has 1 saturated heterocycles. The van der Waals surface area contributed by atoms with Crippen LogP contribution in [0.4, 0.5) is 5.69 Å². The number of phenolic OH excluding ortho intramolecular Hbond substituents is 1. The Morgan fingerprint density at radius 1 is 1.39 bits per heavy atom. The average molecular weight is 265 g/mol. The summed E-state index contributed by atoms with van der Waals surface area (Å²) in [6, 6.07) is 5.46. The molecule has 98 valence electrons. The number of hydrogen-bond donors (Lipinski definition) is 2. The minimum atomic E-state index is -0.00835. The van der Waals surface area contributed by atoms with Crippen molar-refractivity contribution >= 4 is 24.2 Å². The highest BCUT2D eigenvalue weighted by molar-refractivity contribution is 7.81. The fraction of sp³-hybridized carbons (Fsp3) is 0.500. The molecule has 1 atom stereocenters. The van der Waals surface area contributed by atoms with Gasteiger partial charge in [0.25, 0.3) is 0 Å². The second-order valence-electron chi connectivity index (χ2n) is 5.82. The molecule has 0 spiro atoms. The van der Waals surface area contributed by atoms with Crippen LogP contribution in [0.3, 0.4) is 0 Å². The highest BCUT2D eigenvalue weighted by Crippen LogP contribution is 2.35. The summed E-state index contributed by atoms with van der Waals surface area (Å²) < 4.78 is 0. The average Bonchev–Trinajstić information content (AvgIpc) is 2.56. The maximum absolute atomic E-state index is 11.9. The summed E-state index contributed by atoms with van der Waals surface area (Å²) in [6.07, 6.45) is 0.433. The van der Waals surface area contributed by atoms with Gasteiger partial charge in [0.15, 0.2) is 0 Å².